The van der Waals surface area contributed by atoms with E-state index in [1.807, 2.05) is 0 Å². The van der Waals surface area contributed by atoms with Crippen molar-refractivity contribution in [3.8, 4) is 0 Å². The second kappa shape index (κ2) is 26.5. The summed E-state index contributed by atoms with van der Waals surface area (Å²) in [5, 5.41) is 45.0. The molecule has 0 bridgehead atoms. The maximum absolute atomic E-state index is 14.1. The highest BCUT2D eigenvalue weighted by molar-refractivity contribution is 7.98. The molecular formula is C40H63N11O11S. The summed E-state index contributed by atoms with van der Waals surface area (Å²) >= 11 is 1.38. The van der Waals surface area contributed by atoms with E-state index in [2.05, 4.69) is 41.9 Å². The van der Waals surface area contributed by atoms with Gasteiger partial charge >= 0.3 is 11.9 Å². The molecule has 1 heterocycles. The van der Waals surface area contributed by atoms with Gasteiger partial charge in [0.1, 0.15) is 42.3 Å². The van der Waals surface area contributed by atoms with Crippen molar-refractivity contribution >= 4 is 76.0 Å². The number of fused-ring (bicyclic) bond motifs is 1. The molecule has 1 aromatic carbocycles. The Balaban J connectivity index is 2.40. The number of aromatic amines is 1. The van der Waals surface area contributed by atoms with Gasteiger partial charge in [-0.1, -0.05) is 32.0 Å². The van der Waals surface area contributed by atoms with Crippen LogP contribution in [0.2, 0.25) is 0 Å². The van der Waals surface area contributed by atoms with E-state index >= 15 is 0 Å². The highest BCUT2D eigenvalue weighted by Gasteiger charge is 2.34. The summed E-state index contributed by atoms with van der Waals surface area (Å²) in [6.45, 7) is 6.31. The molecule has 350 valence electrons. The third-order valence-corrected chi connectivity index (χ3v) is 10.4. The zero-order valence-corrected chi connectivity index (χ0v) is 37.0. The van der Waals surface area contributed by atoms with Crippen LogP contribution in [-0.4, -0.2) is 141 Å². The molecule has 0 unspecified atom stereocenters. The van der Waals surface area contributed by atoms with Crippen molar-refractivity contribution in [1.29, 1.82) is 0 Å². The fourth-order valence-electron chi connectivity index (χ4n) is 6.21. The second-order valence-electron chi connectivity index (χ2n) is 15.5. The van der Waals surface area contributed by atoms with Gasteiger partial charge in [-0.3, -0.25) is 38.6 Å². The average Bonchev–Trinajstić information content (AvgIpc) is 3.62. The van der Waals surface area contributed by atoms with Crippen LogP contribution in [0.3, 0.4) is 0 Å². The number of nitrogens with two attached hydrogens (primary N) is 3. The smallest absolute Gasteiger partial charge is 0.326 e. The number of rotatable bonds is 28. The molecule has 0 saturated carbocycles. The number of thioether (sulfide) groups is 1. The Bertz CT molecular complexity index is 1920. The van der Waals surface area contributed by atoms with Gasteiger partial charge in [0.15, 0.2) is 5.96 Å². The average molecular weight is 906 g/mol. The quantitative estimate of drug-likeness (QED) is 0.0253. The van der Waals surface area contributed by atoms with Crippen molar-refractivity contribution in [1.82, 2.24) is 36.9 Å². The summed E-state index contributed by atoms with van der Waals surface area (Å²) in [4.78, 5) is 112. The molecule has 0 aliphatic carbocycles. The van der Waals surface area contributed by atoms with E-state index in [4.69, 9.17) is 17.2 Å². The monoisotopic (exact) mass is 905 g/mol. The largest absolute Gasteiger partial charge is 0.481 e. The Morgan fingerprint density at radius 1 is 0.730 bits per heavy atom. The third kappa shape index (κ3) is 18.5. The molecule has 0 aliphatic rings. The lowest BCUT2D eigenvalue weighted by Crippen LogP contribution is -2.60. The summed E-state index contributed by atoms with van der Waals surface area (Å²) < 4.78 is 0. The van der Waals surface area contributed by atoms with Gasteiger partial charge in [0.2, 0.25) is 35.4 Å². The first-order chi connectivity index (χ1) is 29.6. The number of hydrogen-bond donors (Lipinski definition) is 13. The number of nitrogens with one attached hydrogen (secondary N) is 7. The number of aromatic nitrogens is 1. The molecule has 2 aromatic rings. The number of carboxylic acids is 2. The van der Waals surface area contributed by atoms with Crippen LogP contribution in [0.4, 0.5) is 0 Å². The first kappa shape index (κ1) is 53.2. The molecule has 63 heavy (non-hydrogen) atoms. The molecule has 16 N–H and O–H groups in total. The van der Waals surface area contributed by atoms with Gasteiger partial charge < -0.3 is 69.4 Å². The van der Waals surface area contributed by atoms with Crippen molar-refractivity contribution in [3.05, 3.63) is 36.0 Å². The number of aliphatic hydroxyl groups is 1. The number of aliphatic imine (C=N–C) groups is 1. The highest BCUT2D eigenvalue weighted by Crippen LogP contribution is 2.20. The zero-order chi connectivity index (χ0) is 47.4. The fourth-order valence-corrected chi connectivity index (χ4v) is 6.69. The number of benzene rings is 1. The maximum Gasteiger partial charge on any atom is 0.326 e. The Morgan fingerprint density at radius 3 is 1.87 bits per heavy atom. The van der Waals surface area contributed by atoms with Crippen LogP contribution in [0.25, 0.3) is 10.9 Å². The standard InChI is InChI=1S/C40H63N11O11S/c1-20(2)17-29(50-35(57)27(14-16-63-5)47-33(55)21(3)46-38(60)32(41)22(4)52)36(58)48-26(12-13-31(53)54)34(56)51-30(18-23-19-45-25-10-7-6-9-24(23)25)37(59)49-28(39(61)62)11-8-15-44-40(42)43/h6-7,9-10,19-22,26-30,32,45,52H,8,11-18,41H2,1-5H3,(H,46,60)(H,47,55)(H,48,58)(H,49,59)(H,50,57)(H,51,56)(H,53,54)(H,61,62)(H4,42,43,44)/t21-,22+,26-,27-,28-,29-,30-,32-/m0/s1. The van der Waals surface area contributed by atoms with Crippen molar-refractivity contribution in [3.63, 3.8) is 0 Å². The molecule has 22 nitrogen and oxygen atoms in total. The molecule has 6 amide bonds. The van der Waals surface area contributed by atoms with Crippen LogP contribution in [0, 0.1) is 5.92 Å². The predicted molar refractivity (Wildman–Crippen MR) is 236 cm³/mol. The van der Waals surface area contributed by atoms with Crippen molar-refractivity contribution in [2.45, 2.75) is 121 Å². The number of aliphatic carboxylic acids is 2. The van der Waals surface area contributed by atoms with E-state index < -0.39 is 109 Å². The van der Waals surface area contributed by atoms with Crippen LogP contribution in [0.5, 0.6) is 0 Å². The first-order valence-electron chi connectivity index (χ1n) is 20.4. The number of carbonyl (C=O) groups is 8. The van der Waals surface area contributed by atoms with Gasteiger partial charge in [0.25, 0.3) is 0 Å². The molecular weight excluding hydrogens is 843 g/mol. The number of hydrogen-bond acceptors (Lipinski definition) is 12. The number of aliphatic hydroxyl groups excluding tert-OH is 1. The van der Waals surface area contributed by atoms with E-state index in [0.717, 1.165) is 5.52 Å². The Labute approximate surface area is 369 Å². The lowest BCUT2D eigenvalue weighted by atomic mass is 10.0. The van der Waals surface area contributed by atoms with Gasteiger partial charge in [-0.15, -0.1) is 0 Å². The predicted octanol–water partition coefficient (Wildman–Crippen LogP) is -1.85. The third-order valence-electron chi connectivity index (χ3n) is 9.73. The summed E-state index contributed by atoms with van der Waals surface area (Å²) in [5.74, 6) is -7.65. The van der Waals surface area contributed by atoms with Gasteiger partial charge in [0.05, 0.1) is 6.10 Å². The van der Waals surface area contributed by atoms with Crippen LogP contribution in [0.15, 0.2) is 35.5 Å². The van der Waals surface area contributed by atoms with Crippen LogP contribution < -0.4 is 49.1 Å². The number of carboxylic acid groups (broad SMARTS) is 2. The number of H-pyrrole nitrogens is 1. The van der Waals surface area contributed by atoms with Gasteiger partial charge in [-0.2, -0.15) is 11.8 Å². The minimum absolute atomic E-state index is 0.0447. The number of para-hydroxylation sites is 1. The summed E-state index contributed by atoms with van der Waals surface area (Å²) in [6, 6.07) is -2.21. The Hall–Kier alpha value is -5.94. The number of guanidine groups is 1. The summed E-state index contributed by atoms with van der Waals surface area (Å²) in [7, 11) is 0. The van der Waals surface area contributed by atoms with Gasteiger partial charge in [-0.25, -0.2) is 4.79 Å². The SMILES string of the molecule is CSCC[C@H](NC(=O)[C@H](C)NC(=O)[C@@H](N)[C@@H](C)O)C(=O)N[C@@H](CC(C)C)C(=O)N[C@@H](CCC(=O)O)C(=O)N[C@@H](Cc1c[nH]c2ccccc12)C(=O)N[C@@H](CCCN=C(N)N)C(=O)O. The van der Waals surface area contributed by atoms with Crippen molar-refractivity contribution < 1.29 is 53.7 Å². The molecule has 0 fully saturated rings. The molecule has 23 heteroatoms. The van der Waals surface area contributed by atoms with Gasteiger partial charge in [0, 0.05) is 36.5 Å². The van der Waals surface area contributed by atoms with E-state index in [0.29, 0.717) is 16.7 Å². The Kier molecular flexibility index (Phi) is 22.4. The number of carbonyl (C=O) groups excluding carboxylic acids is 6. The number of amides is 6. The number of nitrogens with zero attached hydrogens (tertiary/aromatic N) is 1. The van der Waals surface area contributed by atoms with Crippen LogP contribution >= 0.6 is 11.8 Å². The second-order valence-corrected chi connectivity index (χ2v) is 16.5. The van der Waals surface area contributed by atoms with E-state index in [9.17, 15) is 53.7 Å². The zero-order valence-electron chi connectivity index (χ0n) is 36.1. The minimum atomic E-state index is -1.56. The summed E-state index contributed by atoms with van der Waals surface area (Å²) in [6.07, 6.45) is 1.33. The molecule has 0 aliphatic heterocycles. The van der Waals surface area contributed by atoms with Gasteiger partial charge in [-0.05, 0) is 75.5 Å². The summed E-state index contributed by atoms with van der Waals surface area (Å²) in [5.41, 5.74) is 17.7. The van der Waals surface area contributed by atoms with E-state index in [1.54, 1.807) is 50.6 Å². The lowest BCUT2D eigenvalue weighted by Gasteiger charge is -2.28. The Morgan fingerprint density at radius 2 is 1.29 bits per heavy atom. The van der Waals surface area contributed by atoms with Crippen molar-refractivity contribution in [2.75, 3.05) is 18.6 Å². The normalized spacial score (nSPS) is 15.0. The molecule has 8 atom stereocenters. The van der Waals surface area contributed by atoms with Crippen molar-refractivity contribution in [2.24, 2.45) is 28.1 Å². The molecule has 0 spiro atoms. The van der Waals surface area contributed by atoms with E-state index in [1.165, 1.54) is 25.6 Å². The minimum Gasteiger partial charge on any atom is -0.481 e. The first-order valence-corrected chi connectivity index (χ1v) is 21.8. The maximum atomic E-state index is 14.1. The van der Waals surface area contributed by atoms with Crippen LogP contribution in [-0.2, 0) is 44.8 Å². The molecule has 2 rings (SSSR count). The molecule has 1 aromatic heterocycles. The molecule has 0 radical (unpaired) electrons. The lowest BCUT2D eigenvalue weighted by molar-refractivity contribution is -0.142. The highest BCUT2D eigenvalue weighted by atomic mass is 32.2. The fraction of sp³-hybridized carbons (Fsp3) is 0.575. The molecule has 0 saturated heterocycles. The topological polar surface area (TPSA) is 376 Å². The van der Waals surface area contributed by atoms with E-state index in [-0.39, 0.29) is 50.5 Å². The van der Waals surface area contributed by atoms with Crippen LogP contribution in [0.1, 0.15) is 71.8 Å².